The molecule has 0 amide bonds. The minimum absolute atomic E-state index is 0.00253. The van der Waals surface area contributed by atoms with Gasteiger partial charge in [0, 0.05) is 5.70 Å². The lowest BCUT2D eigenvalue weighted by Crippen LogP contribution is -2.26. The van der Waals surface area contributed by atoms with Gasteiger partial charge in [0.15, 0.2) is 9.84 Å². The molecule has 1 rings (SSSR count). The highest BCUT2D eigenvalue weighted by Crippen LogP contribution is 2.10. The smallest absolute Gasteiger partial charge is 0.260 e. The second-order valence-corrected chi connectivity index (χ2v) is 8.82. The second kappa shape index (κ2) is 5.60. The first-order chi connectivity index (χ1) is 6.89. The largest absolute Gasteiger partial charge is 0.469 e. The number of thiocarbonyl (C=S) groups is 1. The van der Waals surface area contributed by atoms with Crippen molar-refractivity contribution < 1.29 is 13.2 Å². The molecule has 0 aliphatic carbocycles. The first-order valence-corrected chi connectivity index (χ1v) is 8.06. The Kier molecular flexibility index (Phi) is 5.01. The Labute approximate surface area is 111 Å². The summed E-state index contributed by atoms with van der Waals surface area (Å²) < 4.78 is 27.3. The Hall–Kier alpha value is 0.340. The zero-order valence-electron chi connectivity index (χ0n) is 7.57. The summed E-state index contributed by atoms with van der Waals surface area (Å²) in [6.07, 6.45) is 1.60. The van der Waals surface area contributed by atoms with Gasteiger partial charge in [-0.25, -0.2) is 8.42 Å². The predicted octanol–water partition coefficient (Wildman–Crippen LogP) is 1.31. The third kappa shape index (κ3) is 5.28. The molecule has 0 spiro atoms. The SMILES string of the molecule is O=S1(=O)CC=C(NC(=S)OCC(Br)Br)C1. The zero-order valence-corrected chi connectivity index (χ0v) is 12.4. The van der Waals surface area contributed by atoms with Crippen molar-refractivity contribution in [2.75, 3.05) is 18.1 Å². The fourth-order valence-electron chi connectivity index (χ4n) is 0.975. The third-order valence-corrected chi connectivity index (χ3v) is 3.74. The van der Waals surface area contributed by atoms with Gasteiger partial charge in [-0.05, 0) is 18.3 Å². The number of sulfone groups is 1. The van der Waals surface area contributed by atoms with Gasteiger partial charge in [0.2, 0.25) is 0 Å². The van der Waals surface area contributed by atoms with E-state index in [9.17, 15) is 8.42 Å². The molecule has 1 N–H and O–H groups in total. The van der Waals surface area contributed by atoms with Crippen molar-refractivity contribution in [3.8, 4) is 0 Å². The summed E-state index contributed by atoms with van der Waals surface area (Å²) in [7, 11) is -2.96. The molecule has 1 aliphatic rings. The molecule has 0 aromatic heterocycles. The Bertz CT molecular complexity index is 378. The number of alkyl halides is 2. The van der Waals surface area contributed by atoms with Crippen LogP contribution in [0.15, 0.2) is 11.8 Å². The van der Waals surface area contributed by atoms with Gasteiger partial charge >= 0.3 is 0 Å². The summed E-state index contributed by atoms with van der Waals surface area (Å²) in [6.45, 7) is 0.367. The number of hydrogen-bond acceptors (Lipinski definition) is 4. The van der Waals surface area contributed by atoms with E-state index in [0.29, 0.717) is 12.3 Å². The third-order valence-electron chi connectivity index (χ3n) is 1.56. The lowest BCUT2D eigenvalue weighted by Gasteiger charge is -2.10. The van der Waals surface area contributed by atoms with Gasteiger partial charge in [0.05, 0.1) is 11.5 Å². The number of halogens is 2. The monoisotopic (exact) mass is 377 g/mol. The van der Waals surface area contributed by atoms with E-state index >= 15 is 0 Å². The van der Waals surface area contributed by atoms with Crippen LogP contribution >= 0.6 is 44.1 Å². The van der Waals surface area contributed by atoms with Crippen LogP contribution in [0, 0.1) is 0 Å². The normalized spacial score (nSPS) is 18.7. The molecule has 1 heterocycles. The molecule has 0 aromatic rings. The summed E-state index contributed by atoms with van der Waals surface area (Å²) in [4.78, 5) is 0. The fourth-order valence-corrected chi connectivity index (χ4v) is 2.68. The van der Waals surface area contributed by atoms with Crippen LogP contribution < -0.4 is 5.32 Å². The number of hydrogen-bond donors (Lipinski definition) is 1. The van der Waals surface area contributed by atoms with Gasteiger partial charge in [-0.1, -0.05) is 31.9 Å². The summed E-state index contributed by atoms with van der Waals surface area (Å²) >= 11 is 11.3. The molecular weight excluding hydrogens is 370 g/mol. The van der Waals surface area contributed by atoms with Crippen LogP contribution in [0.1, 0.15) is 0 Å². The molecule has 0 saturated heterocycles. The predicted molar refractivity (Wildman–Crippen MR) is 70.1 cm³/mol. The molecular formula is C7H9Br2NO3S2. The summed E-state index contributed by atoms with van der Waals surface area (Å²) in [5.41, 5.74) is 0.584. The van der Waals surface area contributed by atoms with Gasteiger partial charge in [0.1, 0.15) is 10.3 Å². The number of rotatable bonds is 3. The van der Waals surface area contributed by atoms with Crippen LogP contribution in [0.2, 0.25) is 0 Å². The maximum absolute atomic E-state index is 11.1. The maximum atomic E-state index is 11.1. The Morgan fingerprint density at radius 3 is 2.80 bits per heavy atom. The molecule has 86 valence electrons. The average molecular weight is 379 g/mol. The second-order valence-electron chi connectivity index (χ2n) is 2.90. The first kappa shape index (κ1) is 13.4. The van der Waals surface area contributed by atoms with E-state index < -0.39 is 9.84 Å². The zero-order chi connectivity index (χ0) is 11.5. The topological polar surface area (TPSA) is 55.4 Å². The van der Waals surface area contributed by atoms with Crippen molar-refractivity contribution >= 4 is 59.1 Å². The van der Waals surface area contributed by atoms with Crippen LogP contribution in [0.3, 0.4) is 0 Å². The van der Waals surface area contributed by atoms with E-state index in [4.69, 9.17) is 17.0 Å². The fraction of sp³-hybridized carbons (Fsp3) is 0.571. The summed E-state index contributed by atoms with van der Waals surface area (Å²) in [5, 5.41) is 2.92. The molecule has 0 radical (unpaired) electrons. The highest BCUT2D eigenvalue weighted by molar-refractivity contribution is 9.24. The Balaban J connectivity index is 2.34. The minimum atomic E-state index is -2.96. The average Bonchev–Trinajstić information content (AvgIpc) is 2.42. The molecule has 4 nitrogen and oxygen atoms in total. The van der Waals surface area contributed by atoms with Crippen molar-refractivity contribution in [2.24, 2.45) is 0 Å². The molecule has 15 heavy (non-hydrogen) atoms. The van der Waals surface area contributed by atoms with Crippen LogP contribution in [0.25, 0.3) is 0 Å². The molecule has 0 fully saturated rings. The molecule has 1 aliphatic heterocycles. The van der Waals surface area contributed by atoms with Crippen molar-refractivity contribution in [1.29, 1.82) is 0 Å². The van der Waals surface area contributed by atoms with E-state index in [0.717, 1.165) is 0 Å². The van der Waals surface area contributed by atoms with Gasteiger partial charge in [-0.15, -0.1) is 0 Å². The van der Waals surface area contributed by atoms with E-state index in [1.54, 1.807) is 6.08 Å². The molecule has 0 unspecified atom stereocenters. The van der Waals surface area contributed by atoms with Gasteiger partial charge < -0.3 is 10.1 Å². The van der Waals surface area contributed by atoms with E-state index in [2.05, 4.69) is 37.2 Å². The van der Waals surface area contributed by atoms with Crippen LogP contribution in [-0.2, 0) is 14.6 Å². The van der Waals surface area contributed by atoms with Crippen LogP contribution in [0.4, 0.5) is 0 Å². The van der Waals surface area contributed by atoms with E-state index in [1.807, 2.05) is 0 Å². The maximum Gasteiger partial charge on any atom is 0.260 e. The van der Waals surface area contributed by atoms with Crippen molar-refractivity contribution in [2.45, 2.75) is 3.74 Å². The summed E-state index contributed by atoms with van der Waals surface area (Å²) in [5.74, 6) is 0.0695. The van der Waals surface area contributed by atoms with Crippen LogP contribution in [-0.4, -0.2) is 35.4 Å². The van der Waals surface area contributed by atoms with Gasteiger partial charge in [0.25, 0.3) is 5.17 Å². The molecule has 0 atom stereocenters. The first-order valence-electron chi connectivity index (χ1n) is 4.00. The lowest BCUT2D eigenvalue weighted by molar-refractivity contribution is 0.324. The lowest BCUT2D eigenvalue weighted by atomic mass is 10.5. The van der Waals surface area contributed by atoms with Gasteiger partial charge in [-0.2, -0.15) is 0 Å². The van der Waals surface area contributed by atoms with Crippen molar-refractivity contribution in [3.05, 3.63) is 11.8 Å². The highest BCUT2D eigenvalue weighted by atomic mass is 79.9. The molecule has 0 aromatic carbocycles. The quantitative estimate of drug-likeness (QED) is 0.592. The number of ether oxygens (including phenoxy) is 1. The highest BCUT2D eigenvalue weighted by Gasteiger charge is 2.20. The Morgan fingerprint density at radius 2 is 2.33 bits per heavy atom. The molecule has 8 heteroatoms. The summed E-state index contributed by atoms with van der Waals surface area (Å²) in [6, 6.07) is 0. The Morgan fingerprint density at radius 1 is 1.67 bits per heavy atom. The van der Waals surface area contributed by atoms with Crippen LogP contribution in [0.5, 0.6) is 0 Å². The molecule has 0 saturated carbocycles. The van der Waals surface area contributed by atoms with E-state index in [-0.39, 0.29) is 20.4 Å². The molecule has 0 bridgehead atoms. The van der Waals surface area contributed by atoms with Gasteiger partial charge in [-0.3, -0.25) is 0 Å². The number of nitrogens with one attached hydrogen (secondary N) is 1. The minimum Gasteiger partial charge on any atom is -0.469 e. The van der Waals surface area contributed by atoms with Crippen molar-refractivity contribution in [3.63, 3.8) is 0 Å². The van der Waals surface area contributed by atoms with E-state index in [1.165, 1.54) is 0 Å². The standard InChI is InChI=1S/C7H9Br2NO3S2/c8-6(9)3-13-7(14)10-5-1-2-15(11,12)4-5/h1,6H,2-4H2,(H,10,14). The van der Waals surface area contributed by atoms with Crippen molar-refractivity contribution in [1.82, 2.24) is 5.32 Å².